The van der Waals surface area contributed by atoms with Crippen LogP contribution in [0.1, 0.15) is 30.7 Å². The molecule has 1 unspecified atom stereocenters. The number of benzene rings is 1. The predicted molar refractivity (Wildman–Crippen MR) is 77.6 cm³/mol. The summed E-state index contributed by atoms with van der Waals surface area (Å²) in [4.78, 5) is 14.4. The van der Waals surface area contributed by atoms with Gasteiger partial charge in [0.1, 0.15) is 0 Å². The summed E-state index contributed by atoms with van der Waals surface area (Å²) in [7, 11) is 0. The fraction of sp³-hybridized carbons (Fsp3) is 0.400. The van der Waals surface area contributed by atoms with Gasteiger partial charge in [-0.05, 0) is 37.3 Å². The minimum Gasteiger partial charge on any atom is -0.480 e. The molecular weight excluding hydrogens is 258 g/mol. The van der Waals surface area contributed by atoms with E-state index in [1.807, 2.05) is 12.1 Å². The Labute approximate surface area is 116 Å². The first-order valence-electron chi connectivity index (χ1n) is 6.61. The lowest BCUT2D eigenvalue weighted by Gasteiger charge is -2.26. The van der Waals surface area contributed by atoms with Crippen LogP contribution < -0.4 is 0 Å². The molecule has 1 aliphatic carbocycles. The van der Waals surface area contributed by atoms with E-state index in [1.54, 1.807) is 11.3 Å². The molecule has 1 N–H and O–H groups in total. The molecule has 3 rings (SSSR count). The van der Waals surface area contributed by atoms with Crippen LogP contribution in [0.25, 0.3) is 10.1 Å². The largest absolute Gasteiger partial charge is 0.480 e. The third-order valence-electron chi connectivity index (χ3n) is 3.69. The van der Waals surface area contributed by atoms with E-state index < -0.39 is 5.97 Å². The number of hydrogen-bond acceptors (Lipinski definition) is 3. The van der Waals surface area contributed by atoms with Crippen LogP contribution in [0, 0.1) is 0 Å². The Morgan fingerprint density at radius 3 is 2.84 bits per heavy atom. The van der Waals surface area contributed by atoms with Crippen molar-refractivity contribution < 1.29 is 9.90 Å². The SMILES string of the molecule is CC(c1cc2ccccc2s1)N(CC(=O)O)C1CC1. The molecule has 1 saturated carbocycles. The zero-order chi connectivity index (χ0) is 13.4. The van der Waals surface area contributed by atoms with Crippen LogP contribution >= 0.6 is 11.3 Å². The summed E-state index contributed by atoms with van der Waals surface area (Å²) in [6.45, 7) is 2.26. The van der Waals surface area contributed by atoms with Crippen molar-refractivity contribution in [3.05, 3.63) is 35.2 Å². The van der Waals surface area contributed by atoms with E-state index in [4.69, 9.17) is 5.11 Å². The van der Waals surface area contributed by atoms with Crippen LogP contribution in [0.2, 0.25) is 0 Å². The molecule has 0 spiro atoms. The molecular formula is C15H17NO2S. The topological polar surface area (TPSA) is 40.5 Å². The zero-order valence-corrected chi connectivity index (χ0v) is 11.7. The van der Waals surface area contributed by atoms with Gasteiger partial charge < -0.3 is 5.11 Å². The maximum Gasteiger partial charge on any atom is 0.317 e. The van der Waals surface area contributed by atoms with E-state index >= 15 is 0 Å². The first-order valence-corrected chi connectivity index (χ1v) is 7.43. The molecule has 0 bridgehead atoms. The molecule has 1 heterocycles. The second-order valence-electron chi connectivity index (χ2n) is 5.16. The summed E-state index contributed by atoms with van der Waals surface area (Å²) in [5.41, 5.74) is 0. The zero-order valence-electron chi connectivity index (χ0n) is 10.9. The quantitative estimate of drug-likeness (QED) is 0.907. The van der Waals surface area contributed by atoms with Gasteiger partial charge in [-0.3, -0.25) is 9.69 Å². The van der Waals surface area contributed by atoms with Crippen molar-refractivity contribution in [2.75, 3.05) is 6.54 Å². The summed E-state index contributed by atoms with van der Waals surface area (Å²) in [5.74, 6) is -0.736. The van der Waals surface area contributed by atoms with Crippen molar-refractivity contribution >= 4 is 27.4 Å². The van der Waals surface area contributed by atoms with Crippen LogP contribution in [0.5, 0.6) is 0 Å². The van der Waals surface area contributed by atoms with Gasteiger partial charge in [-0.1, -0.05) is 18.2 Å². The number of aliphatic carboxylic acids is 1. The lowest BCUT2D eigenvalue weighted by Crippen LogP contribution is -2.33. The second kappa shape index (κ2) is 4.94. The molecule has 4 heteroatoms. The van der Waals surface area contributed by atoms with Crippen molar-refractivity contribution in [3.63, 3.8) is 0 Å². The lowest BCUT2D eigenvalue weighted by atomic mass is 10.2. The normalized spacial score (nSPS) is 16.9. The van der Waals surface area contributed by atoms with Gasteiger partial charge in [0, 0.05) is 21.7 Å². The molecule has 1 fully saturated rings. The van der Waals surface area contributed by atoms with Crippen LogP contribution in [-0.2, 0) is 4.79 Å². The average Bonchev–Trinajstić information content (AvgIpc) is 3.13. The Balaban J connectivity index is 1.88. The van der Waals surface area contributed by atoms with Crippen molar-refractivity contribution in [2.45, 2.75) is 31.8 Å². The van der Waals surface area contributed by atoms with E-state index in [0.29, 0.717) is 6.04 Å². The fourth-order valence-corrected chi connectivity index (χ4v) is 3.65. The van der Waals surface area contributed by atoms with Gasteiger partial charge in [0.05, 0.1) is 6.54 Å². The Morgan fingerprint density at radius 1 is 1.47 bits per heavy atom. The van der Waals surface area contributed by atoms with Crippen LogP contribution in [0.4, 0.5) is 0 Å². The molecule has 0 aliphatic heterocycles. The van der Waals surface area contributed by atoms with E-state index in [1.165, 1.54) is 15.0 Å². The van der Waals surface area contributed by atoms with E-state index in [-0.39, 0.29) is 12.6 Å². The summed E-state index contributed by atoms with van der Waals surface area (Å²) < 4.78 is 1.27. The number of carbonyl (C=O) groups is 1. The Bertz CT molecular complexity index is 570. The number of carboxylic acids is 1. The van der Waals surface area contributed by atoms with E-state index in [2.05, 4.69) is 30.0 Å². The molecule has 2 aromatic rings. The number of rotatable bonds is 5. The molecule has 0 radical (unpaired) electrons. The number of nitrogens with zero attached hydrogens (tertiary/aromatic N) is 1. The Morgan fingerprint density at radius 2 is 2.21 bits per heavy atom. The van der Waals surface area contributed by atoms with E-state index in [9.17, 15) is 4.79 Å². The minimum absolute atomic E-state index is 0.139. The van der Waals surface area contributed by atoms with Crippen LogP contribution in [0.15, 0.2) is 30.3 Å². The van der Waals surface area contributed by atoms with Gasteiger partial charge in [0.2, 0.25) is 0 Å². The molecule has 1 aromatic carbocycles. The highest BCUT2D eigenvalue weighted by Gasteiger charge is 2.34. The Hall–Kier alpha value is -1.39. The van der Waals surface area contributed by atoms with Crippen molar-refractivity contribution in [1.29, 1.82) is 0 Å². The molecule has 1 aliphatic rings. The van der Waals surface area contributed by atoms with Crippen LogP contribution in [0.3, 0.4) is 0 Å². The van der Waals surface area contributed by atoms with E-state index in [0.717, 1.165) is 12.8 Å². The third-order valence-corrected chi connectivity index (χ3v) is 4.97. The highest BCUT2D eigenvalue weighted by atomic mass is 32.1. The fourth-order valence-electron chi connectivity index (χ4n) is 2.52. The van der Waals surface area contributed by atoms with Gasteiger partial charge in [-0.25, -0.2) is 0 Å². The number of carboxylic acid groups (broad SMARTS) is 1. The number of thiophene rings is 1. The first kappa shape index (κ1) is 12.6. The monoisotopic (exact) mass is 275 g/mol. The maximum absolute atomic E-state index is 11.0. The summed E-state index contributed by atoms with van der Waals surface area (Å²) in [5, 5.41) is 10.3. The smallest absolute Gasteiger partial charge is 0.317 e. The standard InChI is InChI=1S/C15H17NO2S/c1-10(16(9-15(17)18)12-6-7-12)14-8-11-4-2-3-5-13(11)19-14/h2-5,8,10,12H,6-7,9H2,1H3,(H,17,18). The van der Waals surface area contributed by atoms with Crippen LogP contribution in [-0.4, -0.2) is 28.6 Å². The molecule has 1 atom stereocenters. The molecule has 0 saturated heterocycles. The Kier molecular flexibility index (Phi) is 3.29. The highest BCUT2D eigenvalue weighted by Crippen LogP contribution is 2.38. The minimum atomic E-state index is -0.736. The average molecular weight is 275 g/mol. The second-order valence-corrected chi connectivity index (χ2v) is 6.28. The van der Waals surface area contributed by atoms with Crippen molar-refractivity contribution in [2.24, 2.45) is 0 Å². The van der Waals surface area contributed by atoms with Crippen molar-refractivity contribution in [1.82, 2.24) is 4.90 Å². The first-order chi connectivity index (χ1) is 9.15. The number of hydrogen-bond donors (Lipinski definition) is 1. The maximum atomic E-state index is 11.0. The number of fused-ring (bicyclic) bond motifs is 1. The third kappa shape index (κ3) is 2.65. The van der Waals surface area contributed by atoms with Gasteiger partial charge in [0.25, 0.3) is 0 Å². The van der Waals surface area contributed by atoms with Crippen molar-refractivity contribution in [3.8, 4) is 0 Å². The van der Waals surface area contributed by atoms with Gasteiger partial charge in [-0.15, -0.1) is 11.3 Å². The molecule has 19 heavy (non-hydrogen) atoms. The highest BCUT2D eigenvalue weighted by molar-refractivity contribution is 7.19. The summed E-state index contributed by atoms with van der Waals surface area (Å²) in [6, 6.07) is 11.2. The molecule has 3 nitrogen and oxygen atoms in total. The summed E-state index contributed by atoms with van der Waals surface area (Å²) >= 11 is 1.77. The molecule has 1 aromatic heterocycles. The lowest BCUT2D eigenvalue weighted by molar-refractivity contribution is -0.139. The van der Waals surface area contributed by atoms with Gasteiger partial charge in [-0.2, -0.15) is 0 Å². The molecule has 100 valence electrons. The predicted octanol–water partition coefficient (Wildman–Crippen LogP) is 3.51. The van der Waals surface area contributed by atoms with Gasteiger partial charge >= 0.3 is 5.97 Å². The summed E-state index contributed by atoms with van der Waals surface area (Å²) in [6.07, 6.45) is 2.25. The molecule has 0 amide bonds. The van der Waals surface area contributed by atoms with Gasteiger partial charge in [0.15, 0.2) is 0 Å².